The van der Waals surface area contributed by atoms with Gasteiger partial charge in [0.1, 0.15) is 24.0 Å². The Balaban J connectivity index is 1.02. The van der Waals surface area contributed by atoms with Gasteiger partial charge in [0.25, 0.3) is 0 Å². The Morgan fingerprint density at radius 1 is 0.514 bits per heavy atom. The van der Waals surface area contributed by atoms with Crippen molar-refractivity contribution >= 4 is 44.6 Å². The highest BCUT2D eigenvalue weighted by atomic mass is 16.5. The highest BCUT2D eigenvalue weighted by Gasteiger charge is 2.32. The van der Waals surface area contributed by atoms with Crippen LogP contribution in [-0.2, 0) is 16.2 Å². The quantitative estimate of drug-likeness (QED) is 0.152. The molecule has 0 bridgehead atoms. The van der Waals surface area contributed by atoms with Gasteiger partial charge in [-0.15, -0.1) is 0 Å². The molecule has 72 heavy (non-hydrogen) atoms. The Bertz CT molecular complexity index is 4140. The molecule has 0 radical (unpaired) electrons. The molecule has 0 unspecified atom stereocenters. The molecule has 11 rings (SSSR count). The number of rotatable bonds is 8. The lowest BCUT2D eigenvalue weighted by Crippen LogP contribution is -2.25. The highest BCUT2D eigenvalue weighted by molar-refractivity contribution is 6.09. The number of para-hydroxylation sites is 4. The van der Waals surface area contributed by atoms with Crippen LogP contribution in [0.2, 0.25) is 0 Å². The van der Waals surface area contributed by atoms with Gasteiger partial charge in [0.2, 0.25) is 0 Å². The van der Waals surface area contributed by atoms with Gasteiger partial charge in [-0.1, -0.05) is 190 Å². The first-order valence-electron chi connectivity index (χ1n) is 29.6. The number of hydrogen-bond acceptors (Lipinski definition) is 4. The van der Waals surface area contributed by atoms with Gasteiger partial charge >= 0.3 is 0 Å². The van der Waals surface area contributed by atoms with Crippen molar-refractivity contribution in [3.05, 3.63) is 216 Å². The van der Waals surface area contributed by atoms with E-state index in [9.17, 15) is 5.48 Å². The fourth-order valence-corrected chi connectivity index (χ4v) is 9.84. The van der Waals surface area contributed by atoms with Crippen molar-refractivity contribution in [3.63, 3.8) is 0 Å². The fraction of sp³-hybridized carbons (Fsp3) is 0.209. The van der Waals surface area contributed by atoms with E-state index in [0.29, 0.717) is 39.3 Å². The summed E-state index contributed by atoms with van der Waals surface area (Å²) in [6, 6.07) is 46.9. The largest absolute Gasteiger partial charge is 0.457 e. The molecule has 2 aromatic heterocycles. The molecular formula is C67H64N4O. The lowest BCUT2D eigenvalue weighted by atomic mass is 9.78. The zero-order chi connectivity index (χ0) is 58.7. The summed E-state index contributed by atoms with van der Waals surface area (Å²) < 4.78 is 98.2. The van der Waals surface area contributed by atoms with E-state index in [2.05, 4.69) is 96.4 Å². The molecule has 1 aliphatic heterocycles. The van der Waals surface area contributed by atoms with E-state index in [1.165, 1.54) is 0 Å². The van der Waals surface area contributed by atoms with E-state index in [1.807, 2.05) is 115 Å². The minimum absolute atomic E-state index is 0.0154. The van der Waals surface area contributed by atoms with Crippen LogP contribution in [0.1, 0.15) is 98.3 Å². The molecule has 0 fully saturated rings. The highest BCUT2D eigenvalue weighted by Crippen LogP contribution is 2.51. The molecule has 10 aromatic rings. The summed E-state index contributed by atoms with van der Waals surface area (Å²) in [6.07, 6.45) is -0.254. The third-order valence-corrected chi connectivity index (χ3v) is 13.8. The zero-order valence-electron chi connectivity index (χ0n) is 52.3. The zero-order valence-corrected chi connectivity index (χ0v) is 42.3. The van der Waals surface area contributed by atoms with Crippen LogP contribution in [0.25, 0.3) is 61.0 Å². The van der Waals surface area contributed by atoms with Crippen LogP contribution in [0.15, 0.2) is 194 Å². The van der Waals surface area contributed by atoms with Gasteiger partial charge < -0.3 is 14.5 Å². The van der Waals surface area contributed by atoms with Crippen LogP contribution in [0.3, 0.4) is 0 Å². The molecule has 0 aliphatic carbocycles. The molecule has 5 nitrogen and oxygen atoms in total. The van der Waals surface area contributed by atoms with Crippen LogP contribution in [0.4, 0.5) is 22.7 Å². The van der Waals surface area contributed by atoms with Crippen molar-refractivity contribution in [2.45, 2.75) is 85.4 Å². The fourth-order valence-electron chi connectivity index (χ4n) is 9.84. The molecule has 1 aliphatic rings. The summed E-state index contributed by atoms with van der Waals surface area (Å²) in [4.78, 5) is 9.08. The average molecular weight is 951 g/mol. The summed E-state index contributed by atoms with van der Waals surface area (Å²) in [5.74, 6) is 0.996. The molecule has 358 valence electrons. The molecule has 0 saturated heterocycles. The van der Waals surface area contributed by atoms with Crippen LogP contribution in [0.5, 0.6) is 11.5 Å². The third kappa shape index (κ3) is 8.61. The Morgan fingerprint density at radius 2 is 1.14 bits per heavy atom. The first-order valence-corrected chi connectivity index (χ1v) is 24.6. The Labute approximate surface area is 440 Å². The summed E-state index contributed by atoms with van der Waals surface area (Å²) in [5.41, 5.74) is 10.0. The van der Waals surface area contributed by atoms with Crippen molar-refractivity contribution in [2.24, 2.45) is 0 Å². The number of benzene rings is 8. The number of fused-ring (bicyclic) bond motifs is 4. The van der Waals surface area contributed by atoms with Crippen LogP contribution >= 0.6 is 0 Å². The van der Waals surface area contributed by atoms with Gasteiger partial charge in [0, 0.05) is 55.6 Å². The Hall–Kier alpha value is -7.89. The predicted molar refractivity (Wildman–Crippen MR) is 304 cm³/mol. The second kappa shape index (κ2) is 17.8. The molecule has 0 atom stereocenters. The summed E-state index contributed by atoms with van der Waals surface area (Å²) in [6.45, 7) is 17.0. The van der Waals surface area contributed by atoms with E-state index in [1.54, 1.807) is 16.7 Å². The molecule has 3 heterocycles. The van der Waals surface area contributed by atoms with Crippen molar-refractivity contribution < 1.29 is 18.4 Å². The minimum atomic E-state index is -2.75. The normalized spacial score (nSPS) is 15.2. The average Bonchev–Trinajstić information content (AvgIpc) is 2.20. The number of hydrogen-bond donors (Lipinski definition) is 0. The molecule has 0 spiro atoms. The Kier molecular flexibility index (Phi) is 8.90. The summed E-state index contributed by atoms with van der Waals surface area (Å²) in [7, 11) is 0. The van der Waals surface area contributed by atoms with E-state index in [0.717, 1.165) is 55.7 Å². The first-order chi connectivity index (χ1) is 38.6. The number of pyridine rings is 1. The van der Waals surface area contributed by atoms with Crippen LogP contribution in [0, 0.1) is 6.85 Å². The molecule has 0 saturated carbocycles. The number of aromatic nitrogens is 2. The van der Waals surface area contributed by atoms with E-state index in [-0.39, 0.29) is 69.7 Å². The Morgan fingerprint density at radius 3 is 1.83 bits per heavy atom. The van der Waals surface area contributed by atoms with Crippen molar-refractivity contribution in [1.29, 1.82) is 0 Å². The summed E-state index contributed by atoms with van der Waals surface area (Å²) >= 11 is 0. The second-order valence-electron chi connectivity index (χ2n) is 21.9. The molecule has 5 heteroatoms. The topological polar surface area (TPSA) is 33.5 Å². The lowest BCUT2D eigenvalue weighted by Gasteiger charge is -2.29. The maximum atomic E-state index is 9.63. The molecular weight excluding hydrogens is 877 g/mol. The van der Waals surface area contributed by atoms with Crippen molar-refractivity contribution in [1.82, 2.24) is 9.55 Å². The van der Waals surface area contributed by atoms with Gasteiger partial charge in [-0.05, 0) is 111 Å². The van der Waals surface area contributed by atoms with Crippen LogP contribution in [-0.4, -0.2) is 16.2 Å². The molecule has 8 aromatic carbocycles. The molecule has 0 N–H and O–H groups in total. The van der Waals surface area contributed by atoms with Crippen LogP contribution < -0.4 is 14.5 Å². The smallest absolute Gasteiger partial charge is 0.137 e. The van der Waals surface area contributed by atoms with Gasteiger partial charge in [-0.2, -0.15) is 0 Å². The minimum Gasteiger partial charge on any atom is -0.457 e. The maximum Gasteiger partial charge on any atom is 0.137 e. The van der Waals surface area contributed by atoms with Crippen molar-refractivity contribution in [2.75, 3.05) is 16.5 Å². The number of ether oxygens (including phenoxy) is 1. The molecule has 0 amide bonds. The maximum absolute atomic E-state index is 9.63. The van der Waals surface area contributed by atoms with Gasteiger partial charge in [-0.3, -0.25) is 4.57 Å². The monoisotopic (exact) mass is 951 g/mol. The van der Waals surface area contributed by atoms with E-state index >= 15 is 0 Å². The summed E-state index contributed by atoms with van der Waals surface area (Å²) in [5, 5.41) is 1.67. The predicted octanol–water partition coefficient (Wildman–Crippen LogP) is 18.4. The SMILES string of the molecule is [2H]c1nc(-n2c3ccccc3c3ccc(Oc4cccc(N5CN(c6c(-c7cc(C(C)(C)C)cc(C(C)(C)C)c7)cccc6-c6c([2H])c([2H])c([2H])c([2H])c6[2H])c6ccccc65)c4)cc32)c([2H])c(C([2H])([2H])[2H])c1-c1ccc(C(C)(C)C)cc1. The number of anilines is 4. The lowest BCUT2D eigenvalue weighted by molar-refractivity contribution is 0.483. The van der Waals surface area contributed by atoms with E-state index < -0.39 is 25.0 Å². The first kappa shape index (κ1) is 36.1. The van der Waals surface area contributed by atoms with Gasteiger partial charge in [0.15, 0.2) is 0 Å². The number of nitrogens with zero attached hydrogens (tertiary/aromatic N) is 4. The third-order valence-electron chi connectivity index (χ3n) is 13.8. The second-order valence-corrected chi connectivity index (χ2v) is 21.9. The van der Waals surface area contributed by atoms with E-state index in [4.69, 9.17) is 17.9 Å². The standard InChI is InChI=1S/C67H64N4O/c1-44-36-63(68-42-58(44)46-30-32-48(33-31-46)65(2,3)4)71-59-27-15-14-24-56(59)57-35-34-53(41-62(57)71)72-52-23-18-22-51(40-52)69-43-70(61-29-17-16-28-60(61)69)64-54(45-20-12-11-13-21-45)25-19-26-55(64)47-37-49(66(5,6)7)39-50(38-47)67(8,9)10/h11-42H,43H2,1-10H3/i1D3,11D,12D,13D,20D,21D,36D,42D. The van der Waals surface area contributed by atoms with Crippen molar-refractivity contribution in [3.8, 4) is 50.7 Å². The van der Waals surface area contributed by atoms with Gasteiger partial charge in [0.05, 0.1) is 37.7 Å². The van der Waals surface area contributed by atoms with Gasteiger partial charge in [-0.25, -0.2) is 4.98 Å².